The molecule has 0 radical (unpaired) electrons. The van der Waals surface area contributed by atoms with Crippen LogP contribution in [0, 0.1) is 6.92 Å². The number of nitrogens with zero attached hydrogens (tertiary/aromatic N) is 1. The van der Waals surface area contributed by atoms with Crippen molar-refractivity contribution < 1.29 is 4.74 Å². The van der Waals surface area contributed by atoms with Crippen molar-refractivity contribution in [2.24, 2.45) is 10.8 Å². The Labute approximate surface area is 102 Å². The minimum atomic E-state index is 0.570. The average Bonchev–Trinajstić information content (AvgIpc) is 2.36. The first kappa shape index (κ1) is 13.3. The van der Waals surface area contributed by atoms with E-state index in [0.717, 1.165) is 30.0 Å². The third-order valence-corrected chi connectivity index (χ3v) is 2.32. The Kier molecular flexibility index (Phi) is 5.29. The first-order valence-electron chi connectivity index (χ1n) is 5.64. The molecule has 0 bridgehead atoms. The lowest BCUT2D eigenvalue weighted by Gasteiger charge is -2.12. The summed E-state index contributed by atoms with van der Waals surface area (Å²) >= 11 is 0. The second-order valence-corrected chi connectivity index (χ2v) is 3.68. The molecule has 1 aromatic rings. The molecule has 0 aliphatic carbocycles. The van der Waals surface area contributed by atoms with E-state index in [9.17, 15) is 0 Å². The van der Waals surface area contributed by atoms with Crippen LogP contribution in [0.4, 0.5) is 5.69 Å². The Bertz CT molecular complexity index is 390. The Morgan fingerprint density at radius 3 is 2.76 bits per heavy atom. The Morgan fingerprint density at radius 2 is 2.24 bits per heavy atom. The van der Waals surface area contributed by atoms with Gasteiger partial charge in [0.05, 0.1) is 7.11 Å². The summed E-state index contributed by atoms with van der Waals surface area (Å²) in [6.07, 6.45) is 0.981. The molecule has 0 aromatic heterocycles. The molecule has 0 aliphatic heterocycles. The third kappa shape index (κ3) is 3.96. The minimum Gasteiger partial charge on any atom is -0.497 e. The zero-order chi connectivity index (χ0) is 12.7. The number of hydrogen-bond acceptors (Lipinski definition) is 3. The summed E-state index contributed by atoms with van der Waals surface area (Å²) in [5, 5.41) is 3.14. The van der Waals surface area contributed by atoms with Crippen LogP contribution in [0.5, 0.6) is 5.75 Å². The highest BCUT2D eigenvalue weighted by molar-refractivity contribution is 5.93. The average molecular weight is 236 g/mol. The van der Waals surface area contributed by atoms with Crippen molar-refractivity contribution in [1.82, 2.24) is 5.43 Å². The van der Waals surface area contributed by atoms with Gasteiger partial charge in [0.25, 0.3) is 0 Å². The Morgan fingerprint density at radius 1 is 1.47 bits per heavy atom. The number of aliphatic imine (C=N–C) groups is 1. The largest absolute Gasteiger partial charge is 0.497 e. The summed E-state index contributed by atoms with van der Waals surface area (Å²) < 4.78 is 5.15. The van der Waals surface area contributed by atoms with E-state index in [1.165, 1.54) is 0 Å². The normalized spacial score (nSPS) is 11.2. The SMILES string of the molecule is CCCN=C(NN)Nc1ccc(OC)cc1C. The van der Waals surface area contributed by atoms with E-state index in [4.69, 9.17) is 10.6 Å². The van der Waals surface area contributed by atoms with Gasteiger partial charge in [-0.3, -0.25) is 10.4 Å². The number of nitrogens with one attached hydrogen (secondary N) is 2. The number of methoxy groups -OCH3 is 1. The number of nitrogens with two attached hydrogens (primary N) is 1. The number of ether oxygens (including phenoxy) is 1. The number of anilines is 1. The lowest BCUT2D eigenvalue weighted by Crippen LogP contribution is -2.36. The van der Waals surface area contributed by atoms with Crippen LogP contribution in [0.25, 0.3) is 0 Å². The summed E-state index contributed by atoms with van der Waals surface area (Å²) in [6, 6.07) is 5.78. The highest BCUT2D eigenvalue weighted by Gasteiger charge is 2.02. The molecule has 5 nitrogen and oxygen atoms in total. The number of hydrazine groups is 1. The molecule has 4 N–H and O–H groups in total. The van der Waals surface area contributed by atoms with Crippen LogP contribution in [-0.2, 0) is 0 Å². The topological polar surface area (TPSA) is 71.7 Å². The molecule has 0 saturated heterocycles. The lowest BCUT2D eigenvalue weighted by atomic mass is 10.2. The van der Waals surface area contributed by atoms with Gasteiger partial charge in [0, 0.05) is 12.2 Å². The van der Waals surface area contributed by atoms with Gasteiger partial charge < -0.3 is 10.1 Å². The molecular weight excluding hydrogens is 216 g/mol. The second kappa shape index (κ2) is 6.75. The van der Waals surface area contributed by atoms with Gasteiger partial charge in [-0.15, -0.1) is 0 Å². The Hall–Kier alpha value is -1.75. The summed E-state index contributed by atoms with van der Waals surface area (Å²) in [7, 11) is 1.65. The molecule has 0 aliphatic rings. The highest BCUT2D eigenvalue weighted by Crippen LogP contribution is 2.20. The predicted molar refractivity (Wildman–Crippen MR) is 71.3 cm³/mol. The van der Waals surface area contributed by atoms with Crippen LogP contribution in [0.3, 0.4) is 0 Å². The molecule has 5 heteroatoms. The van der Waals surface area contributed by atoms with Gasteiger partial charge in [-0.1, -0.05) is 6.92 Å². The van der Waals surface area contributed by atoms with Crippen molar-refractivity contribution >= 4 is 11.6 Å². The van der Waals surface area contributed by atoms with Gasteiger partial charge in [0.2, 0.25) is 5.96 Å². The quantitative estimate of drug-likeness (QED) is 0.322. The molecule has 0 amide bonds. The molecule has 0 atom stereocenters. The van der Waals surface area contributed by atoms with Crippen molar-refractivity contribution in [1.29, 1.82) is 0 Å². The smallest absolute Gasteiger partial charge is 0.210 e. The van der Waals surface area contributed by atoms with Crippen LogP contribution in [0.1, 0.15) is 18.9 Å². The fraction of sp³-hybridized carbons (Fsp3) is 0.417. The zero-order valence-electron chi connectivity index (χ0n) is 10.6. The van der Waals surface area contributed by atoms with Gasteiger partial charge in [-0.05, 0) is 37.1 Å². The number of benzene rings is 1. The fourth-order valence-electron chi connectivity index (χ4n) is 1.38. The van der Waals surface area contributed by atoms with Gasteiger partial charge in [0.1, 0.15) is 5.75 Å². The maximum atomic E-state index is 5.40. The van der Waals surface area contributed by atoms with Crippen molar-refractivity contribution in [2.75, 3.05) is 19.0 Å². The Balaban J connectivity index is 2.79. The molecule has 1 rings (SSSR count). The van der Waals surface area contributed by atoms with E-state index in [1.54, 1.807) is 7.11 Å². The predicted octanol–water partition coefficient (Wildman–Crippen LogP) is 1.64. The molecule has 0 unspecified atom stereocenters. The number of rotatable bonds is 4. The molecular formula is C12H20N4O. The van der Waals surface area contributed by atoms with E-state index in [1.807, 2.05) is 25.1 Å². The fourth-order valence-corrected chi connectivity index (χ4v) is 1.38. The minimum absolute atomic E-state index is 0.570. The second-order valence-electron chi connectivity index (χ2n) is 3.68. The maximum absolute atomic E-state index is 5.40. The van der Waals surface area contributed by atoms with E-state index < -0.39 is 0 Å². The summed E-state index contributed by atoms with van der Waals surface area (Å²) in [6.45, 7) is 4.80. The van der Waals surface area contributed by atoms with Crippen LogP contribution in [0.2, 0.25) is 0 Å². The molecule has 17 heavy (non-hydrogen) atoms. The van der Waals surface area contributed by atoms with Crippen LogP contribution >= 0.6 is 0 Å². The van der Waals surface area contributed by atoms with Crippen molar-refractivity contribution in [3.05, 3.63) is 23.8 Å². The van der Waals surface area contributed by atoms with Crippen LogP contribution in [0.15, 0.2) is 23.2 Å². The molecule has 1 aromatic carbocycles. The van der Waals surface area contributed by atoms with Crippen molar-refractivity contribution in [3.8, 4) is 5.75 Å². The van der Waals surface area contributed by atoms with Gasteiger partial charge >= 0.3 is 0 Å². The van der Waals surface area contributed by atoms with E-state index in [0.29, 0.717) is 5.96 Å². The summed E-state index contributed by atoms with van der Waals surface area (Å²) in [5.74, 6) is 6.80. The maximum Gasteiger partial charge on any atom is 0.210 e. The first-order chi connectivity index (χ1) is 8.21. The van der Waals surface area contributed by atoms with Gasteiger partial charge in [-0.25, -0.2) is 5.84 Å². The van der Waals surface area contributed by atoms with E-state index in [2.05, 4.69) is 22.7 Å². The summed E-state index contributed by atoms with van der Waals surface area (Å²) in [5.41, 5.74) is 4.58. The standard InChI is InChI=1S/C12H20N4O/c1-4-7-14-12(16-13)15-11-6-5-10(17-3)8-9(11)2/h5-6,8H,4,7,13H2,1-3H3,(H2,14,15,16). The molecule has 0 spiro atoms. The monoisotopic (exact) mass is 236 g/mol. The van der Waals surface area contributed by atoms with Crippen LogP contribution in [-0.4, -0.2) is 19.6 Å². The van der Waals surface area contributed by atoms with Crippen molar-refractivity contribution in [2.45, 2.75) is 20.3 Å². The molecule has 0 heterocycles. The van der Waals surface area contributed by atoms with E-state index in [-0.39, 0.29) is 0 Å². The number of guanidine groups is 1. The summed E-state index contributed by atoms with van der Waals surface area (Å²) in [4.78, 5) is 4.28. The first-order valence-corrected chi connectivity index (χ1v) is 5.64. The highest BCUT2D eigenvalue weighted by atomic mass is 16.5. The number of hydrogen-bond donors (Lipinski definition) is 3. The van der Waals surface area contributed by atoms with E-state index >= 15 is 0 Å². The van der Waals surface area contributed by atoms with Crippen molar-refractivity contribution in [3.63, 3.8) is 0 Å². The lowest BCUT2D eigenvalue weighted by molar-refractivity contribution is 0.414. The number of aryl methyl sites for hydroxylation is 1. The molecule has 0 fully saturated rings. The molecule has 0 saturated carbocycles. The zero-order valence-corrected chi connectivity index (χ0v) is 10.6. The third-order valence-electron chi connectivity index (χ3n) is 2.32. The van der Waals surface area contributed by atoms with Gasteiger partial charge in [-0.2, -0.15) is 0 Å². The molecule has 94 valence electrons. The van der Waals surface area contributed by atoms with Crippen LogP contribution < -0.4 is 21.3 Å². The van der Waals surface area contributed by atoms with Gasteiger partial charge in [0.15, 0.2) is 0 Å².